The Morgan fingerprint density at radius 3 is 2.80 bits per heavy atom. The molecule has 1 heterocycles. The van der Waals surface area contributed by atoms with Crippen molar-refractivity contribution in [2.24, 2.45) is 0 Å². The minimum atomic E-state index is -0.935. The van der Waals surface area contributed by atoms with Crippen LogP contribution in [0, 0.1) is 0 Å². The molecule has 0 radical (unpaired) electrons. The molecule has 1 aliphatic heterocycles. The van der Waals surface area contributed by atoms with Gasteiger partial charge < -0.3 is 14.7 Å². The number of hydrogen-bond donors (Lipinski definition) is 1. The fraction of sp³-hybridized carbons (Fsp3) is 0.438. The zero-order valence-corrected chi connectivity index (χ0v) is 12.2. The number of para-hydroxylation sites is 1. The zero-order valence-electron chi connectivity index (χ0n) is 12.2. The average molecular weight is 275 g/mol. The number of hydrogen-bond acceptors (Lipinski definition) is 3. The molecule has 20 heavy (non-hydrogen) atoms. The van der Waals surface area contributed by atoms with Crippen LogP contribution in [0.5, 0.6) is 0 Å². The van der Waals surface area contributed by atoms with Crippen molar-refractivity contribution in [1.82, 2.24) is 0 Å². The number of anilines is 1. The second-order valence-electron chi connectivity index (χ2n) is 5.80. The van der Waals surface area contributed by atoms with Gasteiger partial charge in [0, 0.05) is 24.9 Å². The van der Waals surface area contributed by atoms with Crippen LogP contribution in [-0.4, -0.2) is 35.9 Å². The number of benzene rings is 1. The van der Waals surface area contributed by atoms with Crippen molar-refractivity contribution in [3.63, 3.8) is 0 Å². The number of carbonyl (C=O) groups is 1. The summed E-state index contributed by atoms with van der Waals surface area (Å²) in [6, 6.07) is 7.85. The van der Waals surface area contributed by atoms with E-state index in [1.54, 1.807) is 6.08 Å². The fourth-order valence-corrected chi connectivity index (χ4v) is 2.71. The predicted octanol–water partition coefficient (Wildman–Crippen LogP) is 2.79. The Morgan fingerprint density at radius 2 is 2.15 bits per heavy atom. The van der Waals surface area contributed by atoms with E-state index in [0.717, 1.165) is 24.3 Å². The molecule has 0 amide bonds. The van der Waals surface area contributed by atoms with E-state index in [-0.39, 0.29) is 11.7 Å². The maximum atomic E-state index is 10.7. The van der Waals surface area contributed by atoms with Crippen molar-refractivity contribution in [2.75, 3.05) is 18.0 Å². The van der Waals surface area contributed by atoms with E-state index in [4.69, 9.17) is 9.84 Å². The normalized spacial score (nSPS) is 22.1. The highest BCUT2D eigenvalue weighted by Gasteiger charge is 2.31. The molecule has 0 spiro atoms. The van der Waals surface area contributed by atoms with Gasteiger partial charge in [0.25, 0.3) is 0 Å². The first-order chi connectivity index (χ1) is 9.37. The van der Waals surface area contributed by atoms with Crippen LogP contribution < -0.4 is 4.90 Å². The quantitative estimate of drug-likeness (QED) is 0.862. The molecule has 108 valence electrons. The van der Waals surface area contributed by atoms with Crippen LogP contribution in [0.4, 0.5) is 5.69 Å². The first-order valence-electron chi connectivity index (χ1n) is 6.80. The average Bonchev–Trinajstić information content (AvgIpc) is 2.34. The summed E-state index contributed by atoms with van der Waals surface area (Å²) in [6.07, 6.45) is 2.97. The number of morpholine rings is 1. The molecule has 1 aliphatic rings. The van der Waals surface area contributed by atoms with Gasteiger partial charge in [0.15, 0.2) is 0 Å². The summed E-state index contributed by atoms with van der Waals surface area (Å²) in [5.41, 5.74) is 1.76. The van der Waals surface area contributed by atoms with E-state index in [9.17, 15) is 4.79 Å². The van der Waals surface area contributed by atoms with E-state index < -0.39 is 5.97 Å². The highest BCUT2D eigenvalue weighted by Crippen LogP contribution is 2.29. The van der Waals surface area contributed by atoms with Crippen molar-refractivity contribution >= 4 is 17.7 Å². The SMILES string of the molecule is CC1CN(c2ccccc2C=CC(=O)O)CC(C)(C)O1. The molecule has 1 aromatic rings. The van der Waals surface area contributed by atoms with Gasteiger partial charge in [-0.05, 0) is 38.5 Å². The van der Waals surface area contributed by atoms with Gasteiger partial charge in [-0.3, -0.25) is 0 Å². The number of ether oxygens (including phenoxy) is 1. The number of carboxylic acid groups (broad SMARTS) is 1. The van der Waals surface area contributed by atoms with E-state index in [1.165, 1.54) is 6.08 Å². The summed E-state index contributed by atoms with van der Waals surface area (Å²) in [6.45, 7) is 7.80. The molecule has 1 aromatic carbocycles. The van der Waals surface area contributed by atoms with Crippen LogP contribution in [0.2, 0.25) is 0 Å². The third kappa shape index (κ3) is 3.61. The molecule has 2 rings (SSSR count). The maximum Gasteiger partial charge on any atom is 0.328 e. The molecule has 4 nitrogen and oxygen atoms in total. The Balaban J connectivity index is 2.30. The standard InChI is InChI=1S/C16H21NO3/c1-12-10-17(11-16(2,3)20-12)14-7-5-4-6-13(14)8-9-15(18)19/h4-9,12H,10-11H2,1-3H3,(H,18,19). The molecule has 0 aromatic heterocycles. The van der Waals surface area contributed by atoms with Gasteiger partial charge in [-0.1, -0.05) is 18.2 Å². The Kier molecular flexibility index (Phi) is 4.14. The van der Waals surface area contributed by atoms with Gasteiger partial charge in [0.1, 0.15) is 0 Å². The van der Waals surface area contributed by atoms with E-state index in [2.05, 4.69) is 25.7 Å². The summed E-state index contributed by atoms with van der Waals surface area (Å²) < 4.78 is 5.91. The lowest BCUT2D eigenvalue weighted by atomic mass is 10.0. The summed E-state index contributed by atoms with van der Waals surface area (Å²) >= 11 is 0. The van der Waals surface area contributed by atoms with Gasteiger partial charge in [0.2, 0.25) is 0 Å². The largest absolute Gasteiger partial charge is 0.478 e. The molecule has 0 aliphatic carbocycles. The van der Waals surface area contributed by atoms with Crippen LogP contribution in [0.3, 0.4) is 0 Å². The van der Waals surface area contributed by atoms with Crippen LogP contribution in [0.15, 0.2) is 30.3 Å². The fourth-order valence-electron chi connectivity index (χ4n) is 2.71. The molecule has 1 saturated heterocycles. The lowest BCUT2D eigenvalue weighted by molar-refractivity contribution is -0.131. The first kappa shape index (κ1) is 14.6. The molecule has 1 N–H and O–H groups in total. The van der Waals surface area contributed by atoms with Crippen LogP contribution >= 0.6 is 0 Å². The minimum absolute atomic E-state index is 0.148. The van der Waals surface area contributed by atoms with E-state index in [1.807, 2.05) is 24.3 Å². The molecule has 4 heteroatoms. The van der Waals surface area contributed by atoms with Crippen molar-refractivity contribution < 1.29 is 14.6 Å². The van der Waals surface area contributed by atoms with Crippen molar-refractivity contribution in [3.8, 4) is 0 Å². The zero-order chi connectivity index (χ0) is 14.8. The highest BCUT2D eigenvalue weighted by molar-refractivity contribution is 5.87. The molecule has 0 bridgehead atoms. The first-order valence-corrected chi connectivity index (χ1v) is 6.80. The summed E-state index contributed by atoms with van der Waals surface area (Å²) in [7, 11) is 0. The summed E-state index contributed by atoms with van der Waals surface area (Å²) in [5.74, 6) is -0.935. The highest BCUT2D eigenvalue weighted by atomic mass is 16.5. The van der Waals surface area contributed by atoms with Gasteiger partial charge in [-0.25, -0.2) is 4.79 Å². The number of carboxylic acids is 1. The van der Waals surface area contributed by atoms with Crippen molar-refractivity contribution in [2.45, 2.75) is 32.5 Å². The third-order valence-electron chi connectivity index (χ3n) is 3.25. The Hall–Kier alpha value is -1.81. The Labute approximate surface area is 119 Å². The Bertz CT molecular complexity index is 522. The molecular weight excluding hydrogens is 254 g/mol. The van der Waals surface area contributed by atoms with Crippen molar-refractivity contribution in [3.05, 3.63) is 35.9 Å². The molecule has 1 fully saturated rings. The van der Waals surface area contributed by atoms with Gasteiger partial charge in [-0.15, -0.1) is 0 Å². The second-order valence-corrected chi connectivity index (χ2v) is 5.80. The van der Waals surface area contributed by atoms with E-state index >= 15 is 0 Å². The number of rotatable bonds is 3. The third-order valence-corrected chi connectivity index (χ3v) is 3.25. The van der Waals surface area contributed by atoms with E-state index in [0.29, 0.717) is 0 Å². The molecular formula is C16H21NO3. The monoisotopic (exact) mass is 275 g/mol. The maximum absolute atomic E-state index is 10.7. The smallest absolute Gasteiger partial charge is 0.328 e. The minimum Gasteiger partial charge on any atom is -0.478 e. The molecule has 1 unspecified atom stereocenters. The van der Waals surface area contributed by atoms with Crippen molar-refractivity contribution in [1.29, 1.82) is 0 Å². The molecule has 1 atom stereocenters. The number of nitrogens with zero attached hydrogens (tertiary/aromatic N) is 1. The van der Waals surface area contributed by atoms with Gasteiger partial charge in [-0.2, -0.15) is 0 Å². The van der Waals surface area contributed by atoms with Crippen LogP contribution in [0.25, 0.3) is 6.08 Å². The summed E-state index contributed by atoms with van der Waals surface area (Å²) in [4.78, 5) is 13.0. The lowest BCUT2D eigenvalue weighted by Gasteiger charge is -2.43. The lowest BCUT2D eigenvalue weighted by Crippen LogP contribution is -2.52. The van der Waals surface area contributed by atoms with Gasteiger partial charge in [0.05, 0.1) is 11.7 Å². The van der Waals surface area contributed by atoms with Crippen LogP contribution in [-0.2, 0) is 9.53 Å². The number of aliphatic carboxylic acids is 1. The Morgan fingerprint density at radius 1 is 1.45 bits per heavy atom. The topological polar surface area (TPSA) is 49.8 Å². The van der Waals surface area contributed by atoms with Crippen LogP contribution in [0.1, 0.15) is 26.3 Å². The predicted molar refractivity (Wildman–Crippen MR) is 80.0 cm³/mol. The molecule has 0 saturated carbocycles. The second kappa shape index (κ2) is 5.67. The van der Waals surface area contributed by atoms with Gasteiger partial charge >= 0.3 is 5.97 Å². The summed E-state index contributed by atoms with van der Waals surface area (Å²) in [5, 5.41) is 8.78.